The van der Waals surface area contributed by atoms with Crippen molar-refractivity contribution in [2.45, 2.75) is 63.6 Å². The van der Waals surface area contributed by atoms with Crippen molar-refractivity contribution in [3.63, 3.8) is 0 Å². The topological polar surface area (TPSA) is 63.7 Å². The maximum atomic E-state index is 12.7. The van der Waals surface area contributed by atoms with E-state index in [9.17, 15) is 9.32 Å². The van der Waals surface area contributed by atoms with E-state index in [4.69, 9.17) is 9.72 Å². The van der Waals surface area contributed by atoms with Crippen LogP contribution in [0.5, 0.6) is 0 Å². The number of fused-ring (bicyclic) bond motifs is 1. The summed E-state index contributed by atoms with van der Waals surface area (Å²) in [6.07, 6.45) is 6.01. The quantitative estimate of drug-likeness (QED) is 0.582. The number of rotatable bonds is 9. The molecule has 0 radical (unpaired) electrons. The predicted molar refractivity (Wildman–Crippen MR) is 121 cm³/mol. The van der Waals surface area contributed by atoms with Gasteiger partial charge in [0, 0.05) is 36.0 Å². The molecule has 32 heavy (non-hydrogen) atoms. The largest absolute Gasteiger partial charge is 0.377 e. The summed E-state index contributed by atoms with van der Waals surface area (Å²) in [6, 6.07) is 13.3. The predicted octanol–water partition coefficient (Wildman–Crippen LogP) is 4.41. The second kappa shape index (κ2) is 10.9. The monoisotopic (exact) mass is 441 g/mol. The first-order valence-corrected chi connectivity index (χ1v) is 11.6. The first-order valence-electron chi connectivity index (χ1n) is 11.6. The molecule has 2 aromatic rings. The van der Waals surface area contributed by atoms with Crippen molar-refractivity contribution in [1.29, 1.82) is 0 Å². The van der Waals surface area contributed by atoms with E-state index in [-0.39, 0.29) is 6.10 Å². The summed E-state index contributed by atoms with van der Waals surface area (Å²) >= 11 is 0. The van der Waals surface area contributed by atoms with Crippen LogP contribution in [0.25, 0.3) is 0 Å². The smallest absolute Gasteiger partial charge is 0.370 e. The Labute approximate surface area is 189 Å². The fraction of sp³-hybridized carbons (Fsp3) is 0.520. The summed E-state index contributed by atoms with van der Waals surface area (Å²) < 4.78 is 18.8. The summed E-state index contributed by atoms with van der Waals surface area (Å²) in [6.45, 7) is 4.12. The molecule has 3 heterocycles. The van der Waals surface area contributed by atoms with Gasteiger partial charge in [-0.2, -0.15) is 0 Å². The SMILES string of the molecule is CC1CCc2ccc(CCCCO[C@@H]3CCN([C@H](C(=O)OF)c4ccccc4)C3)nc2N1. The van der Waals surface area contributed by atoms with E-state index in [1.165, 1.54) is 5.56 Å². The highest BCUT2D eigenvalue weighted by Gasteiger charge is 2.35. The Kier molecular flexibility index (Phi) is 7.71. The Bertz CT molecular complexity index is 895. The number of nitrogens with one attached hydrogen (secondary N) is 1. The van der Waals surface area contributed by atoms with Gasteiger partial charge in [0.2, 0.25) is 0 Å². The fourth-order valence-corrected chi connectivity index (χ4v) is 4.63. The van der Waals surface area contributed by atoms with Crippen LogP contribution in [-0.2, 0) is 27.3 Å². The lowest BCUT2D eigenvalue weighted by molar-refractivity contribution is -0.190. The lowest BCUT2D eigenvalue weighted by Gasteiger charge is -2.24. The fourth-order valence-electron chi connectivity index (χ4n) is 4.63. The highest BCUT2D eigenvalue weighted by Crippen LogP contribution is 2.28. The Hall–Kier alpha value is -2.51. The molecule has 2 aliphatic heterocycles. The third kappa shape index (κ3) is 5.64. The minimum atomic E-state index is -0.877. The Balaban J connectivity index is 1.20. The van der Waals surface area contributed by atoms with E-state index in [0.717, 1.165) is 55.6 Å². The molecule has 3 atom stereocenters. The molecule has 172 valence electrons. The summed E-state index contributed by atoms with van der Waals surface area (Å²) in [7, 11) is 0. The van der Waals surface area contributed by atoms with Crippen LogP contribution in [0.15, 0.2) is 42.5 Å². The average molecular weight is 442 g/mol. The van der Waals surface area contributed by atoms with Gasteiger partial charge in [-0.15, -0.1) is 0 Å². The molecule has 2 aliphatic rings. The maximum absolute atomic E-state index is 12.7. The molecule has 1 unspecified atom stereocenters. The first-order chi connectivity index (χ1) is 15.6. The molecule has 1 N–H and O–H groups in total. The number of hydrogen-bond donors (Lipinski definition) is 1. The number of aryl methyl sites for hydroxylation is 2. The molecule has 4 rings (SSSR count). The van der Waals surface area contributed by atoms with Crippen LogP contribution in [0.3, 0.4) is 0 Å². The average Bonchev–Trinajstić information content (AvgIpc) is 3.27. The number of pyridine rings is 1. The van der Waals surface area contributed by atoms with Crippen LogP contribution in [0.2, 0.25) is 0 Å². The molecule has 7 heteroatoms. The third-order valence-electron chi connectivity index (χ3n) is 6.40. The van der Waals surface area contributed by atoms with Crippen LogP contribution in [0.1, 0.15) is 55.5 Å². The number of carbonyl (C=O) groups excluding carboxylic acids is 1. The van der Waals surface area contributed by atoms with Gasteiger partial charge in [0.05, 0.1) is 6.10 Å². The van der Waals surface area contributed by atoms with Gasteiger partial charge in [-0.1, -0.05) is 36.4 Å². The zero-order chi connectivity index (χ0) is 22.3. The highest BCUT2D eigenvalue weighted by molar-refractivity contribution is 5.77. The molecule has 6 nitrogen and oxygen atoms in total. The van der Waals surface area contributed by atoms with Crippen molar-refractivity contribution in [1.82, 2.24) is 9.88 Å². The maximum Gasteiger partial charge on any atom is 0.370 e. The van der Waals surface area contributed by atoms with Gasteiger partial charge in [0.25, 0.3) is 0 Å². The number of halogens is 1. The number of benzene rings is 1. The molecule has 0 spiro atoms. The van der Waals surface area contributed by atoms with Gasteiger partial charge in [-0.25, -0.2) is 9.78 Å². The number of hydrogen-bond acceptors (Lipinski definition) is 6. The van der Waals surface area contributed by atoms with Crippen molar-refractivity contribution in [2.75, 3.05) is 25.0 Å². The van der Waals surface area contributed by atoms with Gasteiger partial charge in [-0.05, 0) is 62.6 Å². The number of likely N-dealkylation sites (tertiary alicyclic amines) is 1. The second-order valence-electron chi connectivity index (χ2n) is 8.84. The normalized spacial score (nSPS) is 21.6. The number of unbranched alkanes of at least 4 members (excludes halogenated alkanes) is 1. The molecule has 0 amide bonds. The molecule has 1 aromatic carbocycles. The van der Waals surface area contributed by atoms with E-state index in [2.05, 4.69) is 29.3 Å². The van der Waals surface area contributed by atoms with E-state index in [0.29, 0.717) is 25.7 Å². The van der Waals surface area contributed by atoms with Crippen molar-refractivity contribution in [2.24, 2.45) is 0 Å². The Morgan fingerprint density at radius 2 is 2.06 bits per heavy atom. The van der Waals surface area contributed by atoms with Crippen molar-refractivity contribution in [3.8, 4) is 0 Å². The number of nitrogens with zero attached hydrogens (tertiary/aromatic N) is 2. The number of ether oxygens (including phenoxy) is 1. The Morgan fingerprint density at radius 3 is 2.88 bits per heavy atom. The Morgan fingerprint density at radius 1 is 1.22 bits per heavy atom. The van der Waals surface area contributed by atoms with Gasteiger partial charge in [0.15, 0.2) is 0 Å². The highest BCUT2D eigenvalue weighted by atomic mass is 19.3. The van der Waals surface area contributed by atoms with Crippen LogP contribution >= 0.6 is 0 Å². The third-order valence-corrected chi connectivity index (χ3v) is 6.40. The van der Waals surface area contributed by atoms with E-state index >= 15 is 0 Å². The molecule has 1 saturated heterocycles. The molecule has 0 bridgehead atoms. The summed E-state index contributed by atoms with van der Waals surface area (Å²) in [4.78, 5) is 22.4. The molecular weight excluding hydrogens is 409 g/mol. The summed E-state index contributed by atoms with van der Waals surface area (Å²) in [5, 5.41) is 3.48. The molecule has 1 fully saturated rings. The standard InChI is InChI=1S/C25H32FN3O3/c1-18-10-11-20-12-13-21(28-24(20)27-18)9-5-6-16-31-22-14-15-29(17-22)23(25(30)32-26)19-7-3-2-4-8-19/h2-4,7-8,12-13,18,22-23H,5-6,9-11,14-17H2,1H3,(H,27,28)/t18?,22-,23+/m1/s1. The molecule has 1 aromatic heterocycles. The minimum absolute atomic E-state index is 0.0428. The van der Waals surface area contributed by atoms with Crippen molar-refractivity contribution < 1.29 is 19.0 Å². The lowest BCUT2D eigenvalue weighted by atomic mass is 10.0. The zero-order valence-electron chi connectivity index (χ0n) is 18.6. The lowest BCUT2D eigenvalue weighted by Crippen LogP contribution is -2.33. The van der Waals surface area contributed by atoms with Crippen molar-refractivity contribution >= 4 is 11.8 Å². The van der Waals surface area contributed by atoms with Crippen molar-refractivity contribution in [3.05, 3.63) is 59.3 Å². The number of carbonyl (C=O) groups is 1. The van der Waals surface area contributed by atoms with E-state index in [1.54, 1.807) is 0 Å². The van der Waals surface area contributed by atoms with E-state index < -0.39 is 12.0 Å². The first kappa shape index (κ1) is 22.7. The van der Waals surface area contributed by atoms with Gasteiger partial charge in [-0.3, -0.25) is 9.84 Å². The van der Waals surface area contributed by atoms with Gasteiger partial charge >= 0.3 is 5.97 Å². The number of aromatic nitrogens is 1. The summed E-state index contributed by atoms with van der Waals surface area (Å²) in [5.41, 5.74) is 3.16. The minimum Gasteiger partial charge on any atom is -0.377 e. The van der Waals surface area contributed by atoms with Gasteiger partial charge < -0.3 is 10.1 Å². The van der Waals surface area contributed by atoms with Gasteiger partial charge in [0.1, 0.15) is 11.9 Å². The van der Waals surface area contributed by atoms with Crippen LogP contribution in [0, 0.1) is 0 Å². The van der Waals surface area contributed by atoms with Crippen LogP contribution in [0.4, 0.5) is 10.3 Å². The van der Waals surface area contributed by atoms with Crippen LogP contribution < -0.4 is 5.32 Å². The zero-order valence-corrected chi connectivity index (χ0v) is 18.6. The molecule has 0 aliphatic carbocycles. The molecular formula is C25H32FN3O3. The molecule has 0 saturated carbocycles. The second-order valence-corrected chi connectivity index (χ2v) is 8.84. The van der Waals surface area contributed by atoms with Crippen LogP contribution in [-0.4, -0.2) is 47.7 Å². The summed E-state index contributed by atoms with van der Waals surface area (Å²) in [5.74, 6) is 0.168. The van der Waals surface area contributed by atoms with E-state index in [1.807, 2.05) is 35.2 Å². The number of anilines is 1.